The van der Waals surface area contributed by atoms with Crippen molar-refractivity contribution in [1.29, 1.82) is 0 Å². The average Bonchev–Trinajstić information content (AvgIpc) is 2.93. The fraction of sp³-hybridized carbons (Fsp3) is 0.222. The lowest BCUT2D eigenvalue weighted by Gasteiger charge is -2.45. The summed E-state index contributed by atoms with van der Waals surface area (Å²) >= 11 is 6.80. The lowest BCUT2D eigenvalue weighted by atomic mass is 9.76. The third-order valence-electron chi connectivity index (χ3n) is 5.87. The van der Waals surface area contributed by atoms with E-state index in [-0.39, 0.29) is 23.6 Å². The fourth-order valence-corrected chi connectivity index (χ4v) is 5.32. The topological polar surface area (TPSA) is 96.5 Å². The lowest BCUT2D eigenvalue weighted by Crippen LogP contribution is -2.70. The molecule has 186 valence electrons. The molecule has 4 rings (SSSR count). The molecule has 0 spiro atoms. The zero-order valence-corrected chi connectivity index (χ0v) is 20.9. The number of hydrogen-bond donors (Lipinski definition) is 3. The summed E-state index contributed by atoms with van der Waals surface area (Å²) in [7, 11) is 0. The summed E-state index contributed by atoms with van der Waals surface area (Å²) in [4.78, 5) is 40.5. The van der Waals surface area contributed by atoms with E-state index in [1.165, 1.54) is 11.8 Å². The molecule has 3 aromatic carbocycles. The van der Waals surface area contributed by atoms with Crippen molar-refractivity contribution >= 4 is 41.1 Å². The number of rotatable bonds is 10. The number of thioether (sulfide) groups is 1. The van der Waals surface area contributed by atoms with Crippen LogP contribution in [0, 0.1) is 0 Å². The molecule has 0 saturated carbocycles. The van der Waals surface area contributed by atoms with E-state index in [9.17, 15) is 14.4 Å². The van der Waals surface area contributed by atoms with Crippen molar-refractivity contribution in [3.05, 3.63) is 108 Å². The molecule has 1 aliphatic rings. The minimum Gasteiger partial charge on any atom is -0.341 e. The molecule has 0 aromatic heterocycles. The Morgan fingerprint density at radius 3 is 1.83 bits per heavy atom. The molecular formula is C27H26ClN3O4S. The van der Waals surface area contributed by atoms with Crippen LogP contribution in [0.15, 0.2) is 91.0 Å². The second-order valence-corrected chi connectivity index (χ2v) is 9.67. The molecule has 1 aliphatic heterocycles. The maximum absolute atomic E-state index is 12.8. The van der Waals surface area contributed by atoms with Gasteiger partial charge >= 0.3 is 5.97 Å². The first-order valence-corrected chi connectivity index (χ1v) is 13.0. The predicted molar refractivity (Wildman–Crippen MR) is 140 cm³/mol. The van der Waals surface area contributed by atoms with Crippen LogP contribution in [0.1, 0.15) is 23.1 Å². The molecule has 1 heterocycles. The van der Waals surface area contributed by atoms with Gasteiger partial charge in [0, 0.05) is 5.75 Å². The van der Waals surface area contributed by atoms with E-state index in [1.54, 1.807) is 0 Å². The molecule has 9 heteroatoms. The second kappa shape index (κ2) is 12.1. The van der Waals surface area contributed by atoms with E-state index in [0.29, 0.717) is 5.75 Å². The number of amides is 2. The van der Waals surface area contributed by atoms with Crippen molar-refractivity contribution < 1.29 is 19.2 Å². The molecule has 3 aromatic rings. The molecule has 2 atom stereocenters. The number of benzene rings is 3. The van der Waals surface area contributed by atoms with Gasteiger partial charge < -0.3 is 10.2 Å². The van der Waals surface area contributed by atoms with Gasteiger partial charge in [-0.15, -0.1) is 23.4 Å². The van der Waals surface area contributed by atoms with Crippen LogP contribution in [0.2, 0.25) is 0 Å². The van der Waals surface area contributed by atoms with Gasteiger partial charge in [-0.2, -0.15) is 5.48 Å². The van der Waals surface area contributed by atoms with Crippen LogP contribution in [0.4, 0.5) is 0 Å². The molecule has 7 nitrogen and oxygen atoms in total. The third kappa shape index (κ3) is 5.73. The smallest absolute Gasteiger partial charge is 0.333 e. The first-order valence-electron chi connectivity index (χ1n) is 11.5. The van der Waals surface area contributed by atoms with Crippen LogP contribution in [0.5, 0.6) is 0 Å². The zero-order valence-electron chi connectivity index (χ0n) is 19.4. The molecule has 0 radical (unpaired) electrons. The fourth-order valence-electron chi connectivity index (χ4n) is 4.14. The van der Waals surface area contributed by atoms with Crippen molar-refractivity contribution in [2.75, 3.05) is 11.6 Å². The van der Waals surface area contributed by atoms with Gasteiger partial charge in [0.25, 0.3) is 5.91 Å². The Kier molecular flexibility index (Phi) is 8.64. The highest BCUT2D eigenvalue weighted by Gasteiger charge is 2.47. The molecule has 1 saturated heterocycles. The maximum atomic E-state index is 12.8. The summed E-state index contributed by atoms with van der Waals surface area (Å²) in [6, 6.07) is 29.6. The molecule has 0 unspecified atom stereocenters. The number of hydroxylamine groups is 1. The molecule has 1 fully saturated rings. The standard InChI is InChI=1S/C27H26ClN3O4S/c28-18-22(32)31-35-23(33)16-17-36-26-24(25(34)29-26)30-27(19-10-4-1-5-11-19,20-12-6-2-7-13-20)21-14-8-3-9-15-21/h1-15,24,26,30H,16-18H2,(H,29,34)(H,31,32)/t24-,26+/m1/s1. The van der Waals surface area contributed by atoms with E-state index in [0.717, 1.165) is 16.7 Å². The van der Waals surface area contributed by atoms with Crippen molar-refractivity contribution in [3.63, 3.8) is 0 Å². The van der Waals surface area contributed by atoms with Gasteiger partial charge in [-0.25, -0.2) is 4.79 Å². The van der Waals surface area contributed by atoms with Crippen molar-refractivity contribution in [2.45, 2.75) is 23.4 Å². The molecule has 0 bridgehead atoms. The first kappa shape index (κ1) is 25.8. The highest BCUT2D eigenvalue weighted by atomic mass is 35.5. The van der Waals surface area contributed by atoms with Crippen molar-refractivity contribution in [2.24, 2.45) is 0 Å². The van der Waals surface area contributed by atoms with E-state index in [2.05, 4.69) is 47.0 Å². The summed E-state index contributed by atoms with van der Waals surface area (Å²) in [5, 5.41) is 6.35. The SMILES string of the molecule is O=C(CCl)NOC(=O)CCS[C@@H]1NC(=O)[C@H]1NC(c1ccccc1)(c1ccccc1)c1ccccc1. The second-order valence-electron chi connectivity index (χ2n) is 8.15. The third-order valence-corrected chi connectivity index (χ3v) is 7.30. The largest absolute Gasteiger partial charge is 0.341 e. The summed E-state index contributed by atoms with van der Waals surface area (Å²) < 4.78 is 0. The normalized spacial score (nSPS) is 17.0. The first-order chi connectivity index (χ1) is 17.5. The maximum Gasteiger partial charge on any atom is 0.333 e. The Hall–Kier alpha value is -3.33. The van der Waals surface area contributed by atoms with Gasteiger partial charge in [-0.1, -0.05) is 91.0 Å². The monoisotopic (exact) mass is 523 g/mol. The Labute approximate surface area is 218 Å². The number of nitrogens with one attached hydrogen (secondary N) is 3. The molecule has 36 heavy (non-hydrogen) atoms. The summed E-state index contributed by atoms with van der Waals surface area (Å²) in [5.41, 5.74) is 4.22. The summed E-state index contributed by atoms with van der Waals surface area (Å²) in [6.45, 7) is 0. The van der Waals surface area contributed by atoms with Crippen molar-refractivity contribution in [3.8, 4) is 0 Å². The molecule has 3 N–H and O–H groups in total. The summed E-state index contributed by atoms with van der Waals surface area (Å²) in [5.74, 6) is -1.18. The number of alkyl halides is 1. The van der Waals surface area contributed by atoms with E-state index in [1.807, 2.05) is 60.1 Å². The van der Waals surface area contributed by atoms with Gasteiger partial charge in [0.1, 0.15) is 11.9 Å². The Morgan fingerprint density at radius 2 is 1.39 bits per heavy atom. The Balaban J connectivity index is 1.57. The number of hydrogen-bond acceptors (Lipinski definition) is 6. The zero-order chi connectivity index (χ0) is 25.4. The van der Waals surface area contributed by atoms with Gasteiger partial charge in [0.05, 0.1) is 17.3 Å². The quantitative estimate of drug-likeness (QED) is 0.163. The minimum absolute atomic E-state index is 0.0630. The molecular weight excluding hydrogens is 498 g/mol. The predicted octanol–water partition coefficient (Wildman–Crippen LogP) is 3.33. The van der Waals surface area contributed by atoms with Crippen LogP contribution in [0.25, 0.3) is 0 Å². The number of carbonyl (C=O) groups is 3. The van der Waals surface area contributed by atoms with Gasteiger partial charge in [0.2, 0.25) is 5.91 Å². The van der Waals surface area contributed by atoms with Crippen LogP contribution in [0.3, 0.4) is 0 Å². The minimum atomic E-state index is -0.782. The van der Waals surface area contributed by atoms with Crippen LogP contribution in [-0.4, -0.2) is 40.8 Å². The van der Waals surface area contributed by atoms with Crippen molar-refractivity contribution in [1.82, 2.24) is 16.1 Å². The van der Waals surface area contributed by atoms with Gasteiger partial charge in [0.15, 0.2) is 0 Å². The van der Waals surface area contributed by atoms with Crippen LogP contribution in [-0.2, 0) is 24.8 Å². The van der Waals surface area contributed by atoms with Gasteiger partial charge in [-0.05, 0) is 16.7 Å². The lowest BCUT2D eigenvalue weighted by molar-refractivity contribution is -0.156. The van der Waals surface area contributed by atoms with E-state index in [4.69, 9.17) is 16.4 Å². The average molecular weight is 524 g/mol. The number of halogens is 1. The van der Waals surface area contributed by atoms with Gasteiger partial charge in [-0.3, -0.25) is 14.9 Å². The highest BCUT2D eigenvalue weighted by Crippen LogP contribution is 2.38. The Morgan fingerprint density at radius 1 is 0.889 bits per heavy atom. The van der Waals surface area contributed by atoms with E-state index >= 15 is 0 Å². The molecule has 2 amide bonds. The number of β-lactam (4-membered cyclic amide) rings is 1. The highest BCUT2D eigenvalue weighted by molar-refractivity contribution is 8.00. The van der Waals surface area contributed by atoms with Crippen LogP contribution < -0.4 is 16.1 Å². The van der Waals surface area contributed by atoms with E-state index < -0.39 is 23.5 Å². The molecule has 0 aliphatic carbocycles. The van der Waals surface area contributed by atoms with Crippen LogP contribution >= 0.6 is 23.4 Å². The summed E-state index contributed by atoms with van der Waals surface area (Å²) in [6.07, 6.45) is 0.0630. The Bertz CT molecular complexity index is 1080. The number of carbonyl (C=O) groups excluding carboxylic acids is 3.